The lowest BCUT2D eigenvalue weighted by Gasteiger charge is -2.08. The number of rotatable bonds is 3. The van der Waals surface area contributed by atoms with E-state index in [2.05, 4.69) is 0 Å². The minimum atomic E-state index is -0.407. The third kappa shape index (κ3) is 2.88. The van der Waals surface area contributed by atoms with Gasteiger partial charge in [0, 0.05) is 17.2 Å². The quantitative estimate of drug-likeness (QED) is 0.787. The van der Waals surface area contributed by atoms with Crippen LogP contribution in [0.5, 0.6) is 5.75 Å². The molecule has 0 saturated heterocycles. The van der Waals surface area contributed by atoms with E-state index >= 15 is 0 Å². The number of carbonyl (C=O) groups excluding carboxylic acids is 1. The third-order valence-corrected chi connectivity index (χ3v) is 3.20. The summed E-state index contributed by atoms with van der Waals surface area (Å²) < 4.78 is 17.8. The number of carbonyl (C=O) groups is 1. The molecule has 2 aromatic rings. The Hall–Kier alpha value is -1.58. The van der Waals surface area contributed by atoms with Crippen molar-refractivity contribution in [1.29, 1.82) is 0 Å². The van der Waals surface area contributed by atoms with Crippen LogP contribution in [0.15, 0.2) is 36.4 Å². The first-order valence-electron chi connectivity index (χ1n) is 5.36. The first kappa shape index (κ1) is 13.8. The van der Waals surface area contributed by atoms with Gasteiger partial charge in [-0.25, -0.2) is 4.39 Å². The normalized spacial score (nSPS) is 10.3. The van der Waals surface area contributed by atoms with Gasteiger partial charge in [-0.1, -0.05) is 23.2 Å². The largest absolute Gasteiger partial charge is 0.495 e. The maximum Gasteiger partial charge on any atom is 0.194 e. The fraction of sp³-hybridized carbons (Fsp3) is 0.0714. The van der Waals surface area contributed by atoms with E-state index < -0.39 is 5.82 Å². The van der Waals surface area contributed by atoms with Crippen molar-refractivity contribution in [1.82, 2.24) is 0 Å². The molecule has 0 aliphatic rings. The van der Waals surface area contributed by atoms with Crippen LogP contribution in [0.3, 0.4) is 0 Å². The van der Waals surface area contributed by atoms with Crippen molar-refractivity contribution in [3.8, 4) is 5.75 Å². The zero-order valence-corrected chi connectivity index (χ0v) is 11.4. The summed E-state index contributed by atoms with van der Waals surface area (Å²) in [5.74, 6) is -0.340. The van der Waals surface area contributed by atoms with Gasteiger partial charge >= 0.3 is 0 Å². The molecule has 0 radical (unpaired) electrons. The molecule has 0 aliphatic carbocycles. The number of halogens is 3. The Morgan fingerprint density at radius 3 is 2.32 bits per heavy atom. The zero-order valence-electron chi connectivity index (χ0n) is 9.91. The molecule has 0 aliphatic heterocycles. The molecule has 0 heterocycles. The van der Waals surface area contributed by atoms with Gasteiger partial charge in [0.1, 0.15) is 11.6 Å². The van der Waals surface area contributed by atoms with Crippen LogP contribution in [-0.2, 0) is 0 Å². The number of hydrogen-bond acceptors (Lipinski definition) is 2. The SMILES string of the molecule is COc1cc(Cl)c(C(=O)c2ccc(F)cc2)cc1Cl. The second-order valence-corrected chi connectivity index (χ2v) is 4.62. The average Bonchev–Trinajstić information content (AvgIpc) is 2.41. The van der Waals surface area contributed by atoms with Gasteiger partial charge in [0.05, 0.1) is 17.2 Å². The van der Waals surface area contributed by atoms with Crippen LogP contribution < -0.4 is 4.74 Å². The Kier molecular flexibility index (Phi) is 4.08. The standard InChI is InChI=1S/C14H9Cl2FO2/c1-19-13-7-11(15)10(6-12(13)16)14(18)8-2-4-9(17)5-3-8/h2-7H,1H3. The van der Waals surface area contributed by atoms with Crippen molar-refractivity contribution in [2.24, 2.45) is 0 Å². The van der Waals surface area contributed by atoms with Crippen LogP contribution in [0.25, 0.3) is 0 Å². The lowest BCUT2D eigenvalue weighted by Crippen LogP contribution is -2.03. The van der Waals surface area contributed by atoms with Crippen molar-refractivity contribution in [2.45, 2.75) is 0 Å². The van der Waals surface area contributed by atoms with Crippen molar-refractivity contribution in [3.63, 3.8) is 0 Å². The van der Waals surface area contributed by atoms with E-state index in [0.717, 1.165) is 0 Å². The lowest BCUT2D eigenvalue weighted by atomic mass is 10.0. The van der Waals surface area contributed by atoms with Crippen LogP contribution in [0.1, 0.15) is 15.9 Å². The summed E-state index contributed by atoms with van der Waals surface area (Å²) in [6.07, 6.45) is 0. The summed E-state index contributed by atoms with van der Waals surface area (Å²) in [7, 11) is 1.46. The maximum absolute atomic E-state index is 12.8. The van der Waals surface area contributed by atoms with E-state index in [9.17, 15) is 9.18 Å². The maximum atomic E-state index is 12.8. The van der Waals surface area contributed by atoms with Gasteiger partial charge in [0.25, 0.3) is 0 Å². The number of benzene rings is 2. The smallest absolute Gasteiger partial charge is 0.194 e. The van der Waals surface area contributed by atoms with E-state index in [1.165, 1.54) is 43.5 Å². The highest BCUT2D eigenvalue weighted by Gasteiger charge is 2.16. The number of ether oxygens (including phenoxy) is 1. The molecule has 0 atom stereocenters. The van der Waals surface area contributed by atoms with Crippen LogP contribution >= 0.6 is 23.2 Å². The van der Waals surface area contributed by atoms with Crippen LogP contribution in [0.2, 0.25) is 10.0 Å². The molecule has 2 rings (SSSR count). The molecule has 19 heavy (non-hydrogen) atoms. The molecule has 0 amide bonds. The molecule has 0 aromatic heterocycles. The summed E-state index contributed by atoms with van der Waals surface area (Å²) in [5.41, 5.74) is 0.587. The van der Waals surface area contributed by atoms with E-state index in [0.29, 0.717) is 11.3 Å². The van der Waals surface area contributed by atoms with Gasteiger partial charge in [0.15, 0.2) is 5.78 Å². The zero-order chi connectivity index (χ0) is 14.0. The average molecular weight is 299 g/mol. The predicted octanol–water partition coefficient (Wildman–Crippen LogP) is 4.37. The molecular formula is C14H9Cl2FO2. The highest BCUT2D eigenvalue weighted by molar-refractivity contribution is 6.37. The van der Waals surface area contributed by atoms with Gasteiger partial charge in [-0.2, -0.15) is 0 Å². The molecule has 0 fully saturated rings. The third-order valence-electron chi connectivity index (χ3n) is 2.59. The second-order valence-electron chi connectivity index (χ2n) is 3.80. The molecule has 5 heteroatoms. The first-order chi connectivity index (χ1) is 9.02. The summed E-state index contributed by atoms with van der Waals surface area (Å²) in [4.78, 5) is 12.2. The topological polar surface area (TPSA) is 26.3 Å². The number of hydrogen-bond donors (Lipinski definition) is 0. The summed E-state index contributed by atoms with van der Waals surface area (Å²) >= 11 is 12.0. The predicted molar refractivity (Wildman–Crippen MR) is 72.8 cm³/mol. The van der Waals surface area contributed by atoms with Gasteiger partial charge in [-0.3, -0.25) is 4.79 Å². The van der Waals surface area contributed by atoms with Crippen molar-refractivity contribution < 1.29 is 13.9 Å². The second kappa shape index (κ2) is 5.59. The van der Waals surface area contributed by atoms with Crippen molar-refractivity contribution >= 4 is 29.0 Å². The molecule has 0 saturated carbocycles. The lowest BCUT2D eigenvalue weighted by molar-refractivity contribution is 0.103. The fourth-order valence-electron chi connectivity index (χ4n) is 1.62. The first-order valence-corrected chi connectivity index (χ1v) is 6.12. The molecular weight excluding hydrogens is 290 g/mol. The van der Waals surface area contributed by atoms with Gasteiger partial charge < -0.3 is 4.74 Å². The summed E-state index contributed by atoms with van der Waals surface area (Å²) in [5, 5.41) is 0.521. The minimum absolute atomic E-state index is 0.232. The van der Waals surface area contributed by atoms with Crippen LogP contribution in [0.4, 0.5) is 4.39 Å². The Labute approximate surface area is 119 Å². The Balaban J connectivity index is 2.44. The monoisotopic (exact) mass is 298 g/mol. The van der Waals surface area contributed by atoms with Crippen LogP contribution in [0, 0.1) is 5.82 Å². The summed E-state index contributed by atoms with van der Waals surface area (Å²) in [6.45, 7) is 0. The Morgan fingerprint density at radius 2 is 1.74 bits per heavy atom. The molecule has 0 bridgehead atoms. The highest BCUT2D eigenvalue weighted by Crippen LogP contribution is 2.32. The molecule has 98 valence electrons. The molecule has 2 aromatic carbocycles. The van der Waals surface area contributed by atoms with Gasteiger partial charge in [-0.15, -0.1) is 0 Å². The number of ketones is 1. The van der Waals surface area contributed by atoms with Crippen molar-refractivity contribution in [2.75, 3.05) is 7.11 Å². The van der Waals surface area contributed by atoms with E-state index in [1.54, 1.807) is 0 Å². The van der Waals surface area contributed by atoms with Crippen molar-refractivity contribution in [3.05, 3.63) is 63.4 Å². The molecule has 0 N–H and O–H groups in total. The molecule has 2 nitrogen and oxygen atoms in total. The van der Waals surface area contributed by atoms with E-state index in [4.69, 9.17) is 27.9 Å². The van der Waals surface area contributed by atoms with Gasteiger partial charge in [0.2, 0.25) is 0 Å². The Bertz CT molecular complexity index is 624. The molecule has 0 spiro atoms. The number of methoxy groups -OCH3 is 1. The van der Waals surface area contributed by atoms with Crippen LogP contribution in [-0.4, -0.2) is 12.9 Å². The van der Waals surface area contributed by atoms with Gasteiger partial charge in [-0.05, 0) is 30.3 Å². The van der Waals surface area contributed by atoms with E-state index in [-0.39, 0.29) is 21.4 Å². The highest BCUT2D eigenvalue weighted by atomic mass is 35.5. The minimum Gasteiger partial charge on any atom is -0.495 e. The summed E-state index contributed by atoms with van der Waals surface area (Å²) in [6, 6.07) is 8.13. The Morgan fingerprint density at radius 1 is 1.11 bits per heavy atom. The fourth-order valence-corrected chi connectivity index (χ4v) is 2.10. The molecule has 0 unspecified atom stereocenters. The van der Waals surface area contributed by atoms with E-state index in [1.807, 2.05) is 0 Å².